The first-order valence-electron chi connectivity index (χ1n) is 6.54. The summed E-state index contributed by atoms with van der Waals surface area (Å²) in [6, 6.07) is 8.32. The standard InChI is InChI=1S/C15H21NO/c1-11(13-5-3-4-6-13)16-15-9-7-14(8-10-15)12(2)17/h7-11,13,16H,3-6H2,1-2H3. The van der Waals surface area contributed by atoms with Crippen LogP contribution in [0.25, 0.3) is 0 Å². The molecule has 1 aliphatic carbocycles. The molecule has 0 aromatic heterocycles. The second-order valence-electron chi connectivity index (χ2n) is 5.11. The molecule has 1 aromatic rings. The maximum atomic E-state index is 11.2. The number of carbonyl (C=O) groups excluding carboxylic acids is 1. The third-order valence-electron chi connectivity index (χ3n) is 3.79. The number of rotatable bonds is 4. The minimum atomic E-state index is 0.125. The number of benzene rings is 1. The second-order valence-corrected chi connectivity index (χ2v) is 5.11. The van der Waals surface area contributed by atoms with Crippen LogP contribution < -0.4 is 5.32 Å². The monoisotopic (exact) mass is 231 g/mol. The van der Waals surface area contributed by atoms with Crippen LogP contribution in [0.4, 0.5) is 5.69 Å². The topological polar surface area (TPSA) is 29.1 Å². The highest BCUT2D eigenvalue weighted by Gasteiger charge is 2.21. The predicted octanol–water partition coefficient (Wildman–Crippen LogP) is 3.88. The first-order valence-corrected chi connectivity index (χ1v) is 6.54. The molecule has 92 valence electrons. The van der Waals surface area contributed by atoms with Gasteiger partial charge < -0.3 is 5.32 Å². The summed E-state index contributed by atoms with van der Waals surface area (Å²) in [5.74, 6) is 0.933. The van der Waals surface area contributed by atoms with E-state index in [9.17, 15) is 4.79 Å². The number of carbonyl (C=O) groups is 1. The molecular formula is C15H21NO. The van der Waals surface area contributed by atoms with Gasteiger partial charge >= 0.3 is 0 Å². The molecular weight excluding hydrogens is 210 g/mol. The van der Waals surface area contributed by atoms with E-state index < -0.39 is 0 Å². The van der Waals surface area contributed by atoms with Crippen LogP contribution in [-0.2, 0) is 0 Å². The largest absolute Gasteiger partial charge is 0.382 e. The van der Waals surface area contributed by atoms with Crippen molar-refractivity contribution in [3.8, 4) is 0 Å². The molecule has 1 aliphatic rings. The number of anilines is 1. The van der Waals surface area contributed by atoms with Gasteiger partial charge in [-0.15, -0.1) is 0 Å². The maximum Gasteiger partial charge on any atom is 0.159 e. The van der Waals surface area contributed by atoms with Gasteiger partial charge in [-0.1, -0.05) is 12.8 Å². The Morgan fingerprint density at radius 3 is 2.35 bits per heavy atom. The van der Waals surface area contributed by atoms with Gasteiger partial charge in [0.2, 0.25) is 0 Å². The van der Waals surface area contributed by atoms with Crippen molar-refractivity contribution in [2.45, 2.75) is 45.6 Å². The van der Waals surface area contributed by atoms with Crippen molar-refractivity contribution in [1.29, 1.82) is 0 Å². The van der Waals surface area contributed by atoms with E-state index in [2.05, 4.69) is 12.2 Å². The quantitative estimate of drug-likeness (QED) is 0.797. The van der Waals surface area contributed by atoms with Gasteiger partial charge in [-0.2, -0.15) is 0 Å². The van der Waals surface area contributed by atoms with Crippen LogP contribution in [0.1, 0.15) is 49.9 Å². The van der Waals surface area contributed by atoms with Gasteiger partial charge in [0.25, 0.3) is 0 Å². The Hall–Kier alpha value is -1.31. The molecule has 2 heteroatoms. The Labute approximate surface area is 103 Å². The molecule has 17 heavy (non-hydrogen) atoms. The summed E-state index contributed by atoms with van der Waals surface area (Å²) in [4.78, 5) is 11.2. The Morgan fingerprint density at radius 1 is 1.24 bits per heavy atom. The van der Waals surface area contributed by atoms with Gasteiger partial charge in [0.15, 0.2) is 5.78 Å². The minimum absolute atomic E-state index is 0.125. The molecule has 2 rings (SSSR count). The summed E-state index contributed by atoms with van der Waals surface area (Å²) in [5, 5.41) is 3.54. The summed E-state index contributed by atoms with van der Waals surface area (Å²) in [6.07, 6.45) is 5.44. The normalized spacial score (nSPS) is 18.0. The van der Waals surface area contributed by atoms with Crippen LogP contribution in [0, 0.1) is 5.92 Å². The van der Waals surface area contributed by atoms with E-state index in [1.807, 2.05) is 24.3 Å². The molecule has 1 fully saturated rings. The Kier molecular flexibility index (Phi) is 3.82. The van der Waals surface area contributed by atoms with Crippen LogP contribution in [0.3, 0.4) is 0 Å². The number of ketones is 1. The van der Waals surface area contributed by atoms with Crippen molar-refractivity contribution in [2.24, 2.45) is 5.92 Å². The fourth-order valence-electron chi connectivity index (χ4n) is 2.64. The summed E-state index contributed by atoms with van der Waals surface area (Å²) >= 11 is 0. The number of hydrogen-bond donors (Lipinski definition) is 1. The van der Waals surface area contributed by atoms with E-state index in [0.29, 0.717) is 6.04 Å². The van der Waals surface area contributed by atoms with Gasteiger partial charge in [-0.25, -0.2) is 0 Å². The van der Waals surface area contributed by atoms with Crippen molar-refractivity contribution in [3.63, 3.8) is 0 Å². The number of hydrogen-bond acceptors (Lipinski definition) is 2. The summed E-state index contributed by atoms with van der Waals surface area (Å²) in [6.45, 7) is 3.86. The number of Topliss-reactive ketones (excluding diaryl/α,β-unsaturated/α-hetero) is 1. The zero-order valence-electron chi connectivity index (χ0n) is 10.7. The fourth-order valence-corrected chi connectivity index (χ4v) is 2.64. The second kappa shape index (κ2) is 5.35. The van der Waals surface area contributed by atoms with Crippen LogP contribution in [0.15, 0.2) is 24.3 Å². The van der Waals surface area contributed by atoms with Gasteiger partial charge in [0.1, 0.15) is 0 Å². The zero-order valence-corrected chi connectivity index (χ0v) is 10.7. The highest BCUT2D eigenvalue weighted by Crippen LogP contribution is 2.29. The SMILES string of the molecule is CC(=O)c1ccc(NC(C)C2CCCC2)cc1. The molecule has 1 unspecified atom stereocenters. The molecule has 1 N–H and O–H groups in total. The lowest BCUT2D eigenvalue weighted by molar-refractivity contribution is 0.101. The highest BCUT2D eigenvalue weighted by atomic mass is 16.1. The lowest BCUT2D eigenvalue weighted by Gasteiger charge is -2.21. The van der Waals surface area contributed by atoms with Crippen molar-refractivity contribution in [1.82, 2.24) is 0 Å². The molecule has 0 saturated heterocycles. The lowest BCUT2D eigenvalue weighted by atomic mass is 9.99. The van der Waals surface area contributed by atoms with Crippen LogP contribution in [0.5, 0.6) is 0 Å². The summed E-state index contributed by atoms with van der Waals surface area (Å²) in [7, 11) is 0. The van der Waals surface area contributed by atoms with Crippen LogP contribution in [-0.4, -0.2) is 11.8 Å². The van der Waals surface area contributed by atoms with E-state index >= 15 is 0 Å². The summed E-state index contributed by atoms with van der Waals surface area (Å²) in [5.41, 5.74) is 1.90. The van der Waals surface area contributed by atoms with Crippen LogP contribution >= 0.6 is 0 Å². The smallest absolute Gasteiger partial charge is 0.159 e. The van der Waals surface area contributed by atoms with Crippen LogP contribution in [0.2, 0.25) is 0 Å². The van der Waals surface area contributed by atoms with E-state index in [4.69, 9.17) is 0 Å². The Morgan fingerprint density at radius 2 is 1.82 bits per heavy atom. The van der Waals surface area contributed by atoms with E-state index in [-0.39, 0.29) is 5.78 Å². The lowest BCUT2D eigenvalue weighted by Crippen LogP contribution is -2.23. The fraction of sp³-hybridized carbons (Fsp3) is 0.533. The number of nitrogens with one attached hydrogen (secondary N) is 1. The van der Waals surface area contributed by atoms with Gasteiger partial charge in [0, 0.05) is 17.3 Å². The van der Waals surface area contributed by atoms with Crippen molar-refractivity contribution >= 4 is 11.5 Å². The molecule has 0 spiro atoms. The third-order valence-corrected chi connectivity index (χ3v) is 3.79. The molecule has 0 aliphatic heterocycles. The predicted molar refractivity (Wildman–Crippen MR) is 71.5 cm³/mol. The third kappa shape index (κ3) is 3.09. The first-order chi connectivity index (χ1) is 8.16. The molecule has 2 nitrogen and oxygen atoms in total. The van der Waals surface area contributed by atoms with Gasteiger partial charge in [0.05, 0.1) is 0 Å². The van der Waals surface area contributed by atoms with E-state index in [0.717, 1.165) is 17.2 Å². The maximum absolute atomic E-state index is 11.2. The molecule has 0 heterocycles. The highest BCUT2D eigenvalue weighted by molar-refractivity contribution is 5.94. The minimum Gasteiger partial charge on any atom is -0.382 e. The molecule has 0 radical (unpaired) electrons. The summed E-state index contributed by atoms with van der Waals surface area (Å²) < 4.78 is 0. The van der Waals surface area contributed by atoms with E-state index in [1.54, 1.807) is 6.92 Å². The molecule has 0 amide bonds. The van der Waals surface area contributed by atoms with Gasteiger partial charge in [-0.05, 0) is 56.9 Å². The average molecular weight is 231 g/mol. The average Bonchev–Trinajstić information content (AvgIpc) is 2.83. The molecule has 1 atom stereocenters. The van der Waals surface area contributed by atoms with Gasteiger partial charge in [-0.3, -0.25) is 4.79 Å². The zero-order chi connectivity index (χ0) is 12.3. The first kappa shape index (κ1) is 12.2. The Balaban J connectivity index is 1.96. The molecule has 0 bridgehead atoms. The van der Waals surface area contributed by atoms with Crippen molar-refractivity contribution in [2.75, 3.05) is 5.32 Å². The van der Waals surface area contributed by atoms with Crippen molar-refractivity contribution in [3.05, 3.63) is 29.8 Å². The Bertz CT molecular complexity index is 376. The van der Waals surface area contributed by atoms with E-state index in [1.165, 1.54) is 25.7 Å². The van der Waals surface area contributed by atoms with Crippen molar-refractivity contribution < 1.29 is 4.79 Å². The molecule has 1 aromatic carbocycles. The molecule has 1 saturated carbocycles.